The topological polar surface area (TPSA) is 9.23 Å². The van der Waals surface area contributed by atoms with Crippen LogP contribution in [0.2, 0.25) is 0 Å². The fourth-order valence-electron chi connectivity index (χ4n) is 1.17. The second-order valence-electron chi connectivity index (χ2n) is 2.84. The lowest BCUT2D eigenvalue weighted by Gasteiger charge is -2.01. The Kier molecular flexibility index (Phi) is 2.69. The summed E-state index contributed by atoms with van der Waals surface area (Å²) >= 11 is 0. The molecule has 1 rings (SSSR count). The van der Waals surface area contributed by atoms with Crippen LogP contribution in [0.3, 0.4) is 0 Å². The van der Waals surface area contributed by atoms with Gasteiger partial charge in [0.25, 0.3) is 0 Å². The first kappa shape index (κ1) is 8.31. The zero-order valence-corrected chi connectivity index (χ0v) is 6.93. The predicted molar refractivity (Wildman–Crippen MR) is 42.7 cm³/mol. The van der Waals surface area contributed by atoms with Gasteiger partial charge in [-0.05, 0) is 30.9 Å². The molecule has 62 valence electrons. The van der Waals surface area contributed by atoms with Crippen molar-refractivity contribution in [3.8, 4) is 0 Å². The lowest BCUT2D eigenvalue weighted by molar-refractivity contribution is 0.282. The lowest BCUT2D eigenvalue weighted by Crippen LogP contribution is -1.88. The predicted octanol–water partition coefficient (Wildman–Crippen LogP) is 2.80. The van der Waals surface area contributed by atoms with Crippen molar-refractivity contribution in [2.45, 2.75) is 19.8 Å². The molecular weight excluding hydrogens is 143 g/mol. The Bertz CT molecular complexity index is 194. The Hall–Kier alpha value is -0.790. The van der Waals surface area contributed by atoms with Crippen molar-refractivity contribution >= 4 is 0 Å². The maximum Gasteiger partial charge on any atom is 0.161 e. The number of ether oxygens (including phenoxy) is 1. The maximum atomic E-state index is 13.0. The number of hydrogen-bond acceptors (Lipinski definition) is 1. The molecule has 1 atom stereocenters. The van der Waals surface area contributed by atoms with Gasteiger partial charge >= 0.3 is 0 Å². The number of hydrogen-bond donors (Lipinski definition) is 0. The second-order valence-corrected chi connectivity index (χ2v) is 2.84. The zero-order valence-electron chi connectivity index (χ0n) is 6.93. The largest absolute Gasteiger partial charge is 0.494 e. The van der Waals surface area contributed by atoms with Crippen LogP contribution in [0.25, 0.3) is 0 Å². The summed E-state index contributed by atoms with van der Waals surface area (Å²) in [4.78, 5) is 0. The van der Waals surface area contributed by atoms with Crippen LogP contribution in [-0.4, -0.2) is 7.11 Å². The molecule has 1 aliphatic rings. The standard InChI is InChI=1S/C9H13FO/c1-7-4-3-5-9(11-2)8(10)6-7/h5-7H,3-4H2,1-2H3/t7-/m0/s1. The number of halogens is 1. The third kappa shape index (κ3) is 2.07. The van der Waals surface area contributed by atoms with E-state index in [1.54, 1.807) is 12.2 Å². The van der Waals surface area contributed by atoms with Crippen molar-refractivity contribution in [2.75, 3.05) is 7.11 Å². The molecule has 0 N–H and O–H groups in total. The number of methoxy groups -OCH3 is 1. The zero-order chi connectivity index (χ0) is 8.27. The van der Waals surface area contributed by atoms with E-state index in [9.17, 15) is 4.39 Å². The number of rotatable bonds is 1. The van der Waals surface area contributed by atoms with Crippen molar-refractivity contribution in [1.82, 2.24) is 0 Å². The van der Waals surface area contributed by atoms with E-state index in [1.807, 2.05) is 6.92 Å². The van der Waals surface area contributed by atoms with Gasteiger partial charge in [0, 0.05) is 0 Å². The summed E-state index contributed by atoms with van der Waals surface area (Å²) in [6, 6.07) is 0. The van der Waals surface area contributed by atoms with E-state index in [4.69, 9.17) is 4.74 Å². The summed E-state index contributed by atoms with van der Waals surface area (Å²) in [7, 11) is 1.50. The fourth-order valence-corrected chi connectivity index (χ4v) is 1.17. The molecule has 0 saturated carbocycles. The third-order valence-corrected chi connectivity index (χ3v) is 1.84. The summed E-state index contributed by atoms with van der Waals surface area (Å²) < 4.78 is 17.9. The van der Waals surface area contributed by atoms with Crippen LogP contribution < -0.4 is 0 Å². The monoisotopic (exact) mass is 156 g/mol. The van der Waals surface area contributed by atoms with Gasteiger partial charge in [0.15, 0.2) is 5.83 Å². The SMILES string of the molecule is COC1=CCC[C@H](C)C=C1F. The van der Waals surface area contributed by atoms with Gasteiger partial charge in [-0.25, -0.2) is 4.39 Å². The van der Waals surface area contributed by atoms with Gasteiger partial charge in [-0.15, -0.1) is 0 Å². The van der Waals surface area contributed by atoms with E-state index in [0.717, 1.165) is 12.8 Å². The molecule has 0 aromatic rings. The van der Waals surface area contributed by atoms with Gasteiger partial charge in [-0.2, -0.15) is 0 Å². The van der Waals surface area contributed by atoms with Crippen LogP contribution >= 0.6 is 0 Å². The molecule has 0 heterocycles. The molecule has 0 amide bonds. The van der Waals surface area contributed by atoms with Gasteiger partial charge in [-0.3, -0.25) is 0 Å². The highest BCUT2D eigenvalue weighted by Gasteiger charge is 2.10. The molecule has 11 heavy (non-hydrogen) atoms. The highest BCUT2D eigenvalue weighted by molar-refractivity contribution is 5.21. The molecule has 0 bridgehead atoms. The molecular formula is C9H13FO. The summed E-state index contributed by atoms with van der Waals surface area (Å²) in [5, 5.41) is 0. The summed E-state index contributed by atoms with van der Waals surface area (Å²) in [6.07, 6.45) is 5.31. The van der Waals surface area contributed by atoms with Crippen molar-refractivity contribution in [3.05, 3.63) is 23.7 Å². The molecule has 0 saturated heterocycles. The fraction of sp³-hybridized carbons (Fsp3) is 0.556. The molecule has 0 aliphatic heterocycles. The Morgan fingerprint density at radius 1 is 1.64 bits per heavy atom. The molecule has 2 heteroatoms. The summed E-state index contributed by atoms with van der Waals surface area (Å²) in [5.74, 6) is 0.478. The van der Waals surface area contributed by atoms with Crippen LogP contribution in [0.5, 0.6) is 0 Å². The van der Waals surface area contributed by atoms with Gasteiger partial charge in [0.2, 0.25) is 0 Å². The second kappa shape index (κ2) is 3.56. The van der Waals surface area contributed by atoms with Crippen LogP contribution in [0.4, 0.5) is 4.39 Å². The van der Waals surface area contributed by atoms with E-state index in [1.165, 1.54) is 7.11 Å². The van der Waals surface area contributed by atoms with Crippen LogP contribution in [0, 0.1) is 5.92 Å². The minimum absolute atomic E-state index is 0.225. The molecule has 0 aromatic heterocycles. The minimum Gasteiger partial charge on any atom is -0.494 e. The summed E-state index contributed by atoms with van der Waals surface area (Å²) in [6.45, 7) is 2.01. The Morgan fingerprint density at radius 3 is 3.00 bits per heavy atom. The normalized spacial score (nSPS) is 25.2. The quantitative estimate of drug-likeness (QED) is 0.567. The molecule has 0 unspecified atom stereocenters. The maximum absolute atomic E-state index is 13.0. The van der Waals surface area contributed by atoms with Gasteiger partial charge < -0.3 is 4.74 Å². The van der Waals surface area contributed by atoms with Crippen molar-refractivity contribution in [3.63, 3.8) is 0 Å². The first-order valence-electron chi connectivity index (χ1n) is 3.86. The Morgan fingerprint density at radius 2 is 2.36 bits per heavy atom. The highest BCUT2D eigenvalue weighted by atomic mass is 19.1. The first-order chi connectivity index (χ1) is 5.24. The third-order valence-electron chi connectivity index (χ3n) is 1.84. The van der Waals surface area contributed by atoms with Crippen molar-refractivity contribution in [2.24, 2.45) is 5.92 Å². The van der Waals surface area contributed by atoms with Crippen LogP contribution in [-0.2, 0) is 4.74 Å². The average molecular weight is 156 g/mol. The lowest BCUT2D eigenvalue weighted by atomic mass is 10.1. The van der Waals surface area contributed by atoms with E-state index in [2.05, 4.69) is 0 Å². The first-order valence-corrected chi connectivity index (χ1v) is 3.86. The molecule has 0 fully saturated rings. The van der Waals surface area contributed by atoms with Gasteiger partial charge in [0.1, 0.15) is 5.76 Å². The van der Waals surface area contributed by atoms with Gasteiger partial charge in [0.05, 0.1) is 7.11 Å². The number of allylic oxidation sites excluding steroid dienone is 3. The molecule has 1 aliphatic carbocycles. The Labute approximate surface area is 66.6 Å². The smallest absolute Gasteiger partial charge is 0.161 e. The van der Waals surface area contributed by atoms with E-state index < -0.39 is 0 Å². The summed E-state index contributed by atoms with van der Waals surface area (Å²) in [5.41, 5.74) is 0. The van der Waals surface area contributed by atoms with Crippen molar-refractivity contribution < 1.29 is 9.13 Å². The average Bonchev–Trinajstić information content (AvgIpc) is 2.11. The van der Waals surface area contributed by atoms with Crippen LogP contribution in [0.1, 0.15) is 19.8 Å². The molecule has 0 spiro atoms. The molecule has 0 radical (unpaired) electrons. The molecule has 1 nitrogen and oxygen atoms in total. The molecule has 0 aromatic carbocycles. The highest BCUT2D eigenvalue weighted by Crippen LogP contribution is 2.22. The van der Waals surface area contributed by atoms with E-state index in [0.29, 0.717) is 11.7 Å². The van der Waals surface area contributed by atoms with E-state index in [-0.39, 0.29) is 5.83 Å². The van der Waals surface area contributed by atoms with Crippen molar-refractivity contribution in [1.29, 1.82) is 0 Å². The van der Waals surface area contributed by atoms with E-state index >= 15 is 0 Å². The minimum atomic E-state index is -0.225. The Balaban J connectivity index is 2.77. The van der Waals surface area contributed by atoms with Gasteiger partial charge in [-0.1, -0.05) is 6.92 Å². The van der Waals surface area contributed by atoms with Crippen LogP contribution in [0.15, 0.2) is 23.7 Å².